The molecular formula is C19H20O3. The largest absolute Gasteiger partial charge is 0.466 e. The van der Waals surface area contributed by atoms with Crippen molar-refractivity contribution >= 4 is 5.97 Å². The summed E-state index contributed by atoms with van der Waals surface area (Å²) in [5.74, 6) is -0.245. The monoisotopic (exact) mass is 296 g/mol. The third-order valence-corrected chi connectivity index (χ3v) is 4.32. The van der Waals surface area contributed by atoms with Gasteiger partial charge in [-0.25, -0.2) is 0 Å². The molecule has 1 N–H and O–H groups in total. The van der Waals surface area contributed by atoms with Crippen molar-refractivity contribution < 1.29 is 14.6 Å². The van der Waals surface area contributed by atoms with Gasteiger partial charge < -0.3 is 9.84 Å². The fourth-order valence-electron chi connectivity index (χ4n) is 3.38. The van der Waals surface area contributed by atoms with Crippen molar-refractivity contribution in [3.05, 3.63) is 71.3 Å². The van der Waals surface area contributed by atoms with Crippen molar-refractivity contribution in [3.8, 4) is 0 Å². The molecule has 0 saturated carbocycles. The van der Waals surface area contributed by atoms with Crippen molar-refractivity contribution in [1.82, 2.24) is 0 Å². The van der Waals surface area contributed by atoms with Crippen LogP contribution in [0.3, 0.4) is 0 Å². The number of benzene rings is 2. The minimum Gasteiger partial charge on any atom is -0.466 e. The number of carbonyl (C=O) groups excluding carboxylic acids is 1. The fraction of sp³-hybridized carbons (Fsp3) is 0.316. The quantitative estimate of drug-likeness (QED) is 0.880. The topological polar surface area (TPSA) is 46.5 Å². The third kappa shape index (κ3) is 2.64. The highest BCUT2D eigenvalue weighted by Crippen LogP contribution is 2.49. The summed E-state index contributed by atoms with van der Waals surface area (Å²) in [5, 5.41) is 11.1. The lowest BCUT2D eigenvalue weighted by Crippen LogP contribution is -2.27. The lowest BCUT2D eigenvalue weighted by molar-refractivity contribution is -0.149. The van der Waals surface area contributed by atoms with Gasteiger partial charge in [0.05, 0.1) is 13.0 Å². The molecule has 3 rings (SSSR count). The molecule has 0 radical (unpaired) electrons. The summed E-state index contributed by atoms with van der Waals surface area (Å²) in [4.78, 5) is 11.9. The van der Waals surface area contributed by atoms with Gasteiger partial charge in [-0.1, -0.05) is 54.6 Å². The Morgan fingerprint density at radius 3 is 2.59 bits per heavy atom. The van der Waals surface area contributed by atoms with E-state index < -0.39 is 5.60 Å². The second-order valence-electron chi connectivity index (χ2n) is 5.77. The van der Waals surface area contributed by atoms with Crippen LogP contribution in [0.1, 0.15) is 42.4 Å². The summed E-state index contributed by atoms with van der Waals surface area (Å²) in [6.45, 7) is 2.11. The van der Waals surface area contributed by atoms with Gasteiger partial charge in [0.1, 0.15) is 5.60 Å². The van der Waals surface area contributed by atoms with Gasteiger partial charge in [-0.2, -0.15) is 0 Å². The fourth-order valence-corrected chi connectivity index (χ4v) is 3.38. The molecule has 0 spiro atoms. The molecule has 2 aromatic carbocycles. The molecule has 3 nitrogen and oxygen atoms in total. The average Bonchev–Trinajstić information content (AvgIpc) is 2.82. The molecule has 114 valence electrons. The van der Waals surface area contributed by atoms with E-state index in [1.165, 1.54) is 0 Å². The second-order valence-corrected chi connectivity index (χ2v) is 5.77. The maximum absolute atomic E-state index is 11.9. The Kier molecular flexibility index (Phi) is 3.99. The maximum atomic E-state index is 11.9. The van der Waals surface area contributed by atoms with E-state index in [4.69, 9.17) is 4.74 Å². The van der Waals surface area contributed by atoms with Crippen LogP contribution >= 0.6 is 0 Å². The first-order valence-corrected chi connectivity index (χ1v) is 7.66. The molecule has 2 unspecified atom stereocenters. The van der Waals surface area contributed by atoms with Gasteiger partial charge in [-0.3, -0.25) is 4.79 Å². The summed E-state index contributed by atoms with van der Waals surface area (Å²) in [6, 6.07) is 18.0. The zero-order valence-corrected chi connectivity index (χ0v) is 12.7. The number of esters is 1. The Bertz CT molecular complexity index is 665. The molecular weight excluding hydrogens is 276 g/mol. The van der Waals surface area contributed by atoms with Crippen LogP contribution < -0.4 is 0 Å². The van der Waals surface area contributed by atoms with Crippen molar-refractivity contribution in [3.63, 3.8) is 0 Å². The van der Waals surface area contributed by atoms with Crippen LogP contribution in [0.25, 0.3) is 0 Å². The van der Waals surface area contributed by atoms with Gasteiger partial charge in [0.15, 0.2) is 0 Å². The van der Waals surface area contributed by atoms with E-state index >= 15 is 0 Å². The van der Waals surface area contributed by atoms with Crippen LogP contribution in [-0.2, 0) is 15.1 Å². The summed E-state index contributed by atoms with van der Waals surface area (Å²) in [5.41, 5.74) is 1.95. The zero-order valence-electron chi connectivity index (χ0n) is 12.7. The molecule has 0 bridgehead atoms. The Morgan fingerprint density at radius 1 is 1.18 bits per heavy atom. The zero-order chi connectivity index (χ0) is 15.6. The van der Waals surface area contributed by atoms with Crippen LogP contribution in [0.15, 0.2) is 54.6 Å². The molecule has 22 heavy (non-hydrogen) atoms. The molecule has 1 aliphatic carbocycles. The van der Waals surface area contributed by atoms with Gasteiger partial charge in [0, 0.05) is 5.92 Å². The molecule has 2 aromatic rings. The first-order valence-electron chi connectivity index (χ1n) is 7.66. The Labute approximate surface area is 130 Å². The number of carbonyl (C=O) groups is 1. The van der Waals surface area contributed by atoms with Crippen LogP contribution in [0.2, 0.25) is 0 Å². The number of fused-ring (bicyclic) bond motifs is 1. The van der Waals surface area contributed by atoms with Gasteiger partial charge in [-0.05, 0) is 30.0 Å². The highest BCUT2D eigenvalue weighted by Gasteiger charge is 2.44. The van der Waals surface area contributed by atoms with E-state index in [9.17, 15) is 9.90 Å². The first-order chi connectivity index (χ1) is 10.6. The number of hydrogen-bond donors (Lipinski definition) is 1. The Hall–Kier alpha value is -2.13. The van der Waals surface area contributed by atoms with E-state index in [-0.39, 0.29) is 18.3 Å². The van der Waals surface area contributed by atoms with Crippen molar-refractivity contribution in [2.75, 3.05) is 6.61 Å². The molecule has 1 aliphatic rings. The SMILES string of the molecule is CCOC(=O)CC1(O)CC(c2ccccc2)c2ccccc21. The predicted octanol–water partition coefficient (Wildman–Crippen LogP) is 3.36. The lowest BCUT2D eigenvalue weighted by Gasteiger charge is -2.23. The van der Waals surface area contributed by atoms with Crippen molar-refractivity contribution in [1.29, 1.82) is 0 Å². The smallest absolute Gasteiger partial charge is 0.309 e. The molecule has 0 heterocycles. The minimum atomic E-state index is -1.15. The summed E-state index contributed by atoms with van der Waals surface area (Å²) in [6.07, 6.45) is 0.510. The number of ether oxygens (including phenoxy) is 1. The van der Waals surface area contributed by atoms with Crippen LogP contribution in [0.5, 0.6) is 0 Å². The van der Waals surface area contributed by atoms with Crippen molar-refractivity contribution in [2.45, 2.75) is 31.3 Å². The highest BCUT2D eigenvalue weighted by molar-refractivity contribution is 5.72. The van der Waals surface area contributed by atoms with Gasteiger partial charge in [0.25, 0.3) is 0 Å². The summed E-state index contributed by atoms with van der Waals surface area (Å²) >= 11 is 0. The molecule has 3 heteroatoms. The molecule has 0 saturated heterocycles. The number of hydrogen-bond acceptors (Lipinski definition) is 3. The Morgan fingerprint density at radius 2 is 1.86 bits per heavy atom. The van der Waals surface area contributed by atoms with Gasteiger partial charge >= 0.3 is 5.97 Å². The van der Waals surface area contributed by atoms with E-state index in [0.717, 1.165) is 16.7 Å². The molecule has 0 aromatic heterocycles. The number of aliphatic hydroxyl groups is 1. The van der Waals surface area contributed by atoms with E-state index in [2.05, 4.69) is 12.1 Å². The van der Waals surface area contributed by atoms with Gasteiger partial charge in [-0.15, -0.1) is 0 Å². The number of rotatable bonds is 4. The van der Waals surface area contributed by atoms with Crippen LogP contribution in [0.4, 0.5) is 0 Å². The summed E-state index contributed by atoms with van der Waals surface area (Å²) in [7, 11) is 0. The predicted molar refractivity (Wildman–Crippen MR) is 84.5 cm³/mol. The first kappa shape index (κ1) is 14.8. The van der Waals surface area contributed by atoms with Crippen LogP contribution in [0, 0.1) is 0 Å². The molecule has 0 fully saturated rings. The molecule has 0 amide bonds. The van der Waals surface area contributed by atoms with Crippen LogP contribution in [-0.4, -0.2) is 17.7 Å². The Balaban J connectivity index is 1.97. The third-order valence-electron chi connectivity index (χ3n) is 4.32. The van der Waals surface area contributed by atoms with E-state index in [1.807, 2.05) is 42.5 Å². The van der Waals surface area contributed by atoms with Gasteiger partial charge in [0.2, 0.25) is 0 Å². The molecule has 0 aliphatic heterocycles. The van der Waals surface area contributed by atoms with Crippen molar-refractivity contribution in [2.24, 2.45) is 0 Å². The minimum absolute atomic E-state index is 0.00118. The average molecular weight is 296 g/mol. The maximum Gasteiger partial charge on any atom is 0.309 e. The lowest BCUT2D eigenvalue weighted by atomic mass is 9.90. The summed E-state index contributed by atoms with van der Waals surface area (Å²) < 4.78 is 5.03. The highest BCUT2D eigenvalue weighted by atomic mass is 16.5. The van der Waals surface area contributed by atoms with E-state index in [1.54, 1.807) is 6.92 Å². The standard InChI is InChI=1S/C19H20O3/c1-2-22-18(20)13-19(21)12-16(14-8-4-3-5-9-14)15-10-6-7-11-17(15)19/h3-11,16,21H,2,12-13H2,1H3. The normalized spacial score (nSPS) is 23.1. The van der Waals surface area contributed by atoms with E-state index in [0.29, 0.717) is 13.0 Å². The molecule has 2 atom stereocenters. The second kappa shape index (κ2) is 5.93.